The van der Waals surface area contributed by atoms with Gasteiger partial charge in [0.15, 0.2) is 11.6 Å². The van der Waals surface area contributed by atoms with Crippen LogP contribution in [0.15, 0.2) is 36.4 Å². The molecule has 3 aliphatic heterocycles. The molecule has 3 fully saturated rings. The summed E-state index contributed by atoms with van der Waals surface area (Å²) in [5.74, 6) is -1.17. The zero-order valence-electron chi connectivity index (χ0n) is 26.8. The van der Waals surface area contributed by atoms with Crippen molar-refractivity contribution in [2.24, 2.45) is 0 Å². The number of halogens is 1. The van der Waals surface area contributed by atoms with Crippen LogP contribution in [0.2, 0.25) is 0 Å². The number of nitrogens with one attached hydrogen (secondary N) is 1. The Morgan fingerprint density at radius 3 is 2.15 bits per heavy atom. The maximum absolute atomic E-state index is 14.8. The molecule has 12 nitrogen and oxygen atoms in total. The van der Waals surface area contributed by atoms with Gasteiger partial charge in [-0.05, 0) is 63.6 Å². The smallest absolute Gasteiger partial charge is 0.415 e. The first-order chi connectivity index (χ1) is 21.9. The average Bonchev–Trinajstić information content (AvgIpc) is 3.51. The fraction of sp³-hybridized carbons (Fsp3) is 0.515. The van der Waals surface area contributed by atoms with E-state index in [1.54, 1.807) is 28.0 Å². The quantitative estimate of drug-likeness (QED) is 0.528. The second-order valence-corrected chi connectivity index (χ2v) is 12.7. The van der Waals surface area contributed by atoms with Crippen LogP contribution in [0.4, 0.5) is 14.0 Å². The van der Waals surface area contributed by atoms with Gasteiger partial charge < -0.3 is 39.1 Å². The second kappa shape index (κ2) is 13.9. The third-order valence-corrected chi connectivity index (χ3v) is 8.13. The molecule has 248 valence electrons. The Morgan fingerprint density at radius 1 is 0.826 bits per heavy atom. The Hall–Kier alpha value is -4.39. The van der Waals surface area contributed by atoms with Gasteiger partial charge in [-0.25, -0.2) is 14.0 Å². The minimum atomic E-state index is -0.792. The first kappa shape index (κ1) is 33.0. The predicted octanol–water partition coefficient (Wildman–Crippen LogP) is 3.52. The van der Waals surface area contributed by atoms with Gasteiger partial charge in [-0.1, -0.05) is 6.07 Å². The van der Waals surface area contributed by atoms with Crippen molar-refractivity contribution in [1.29, 1.82) is 0 Å². The number of hydrogen-bond acceptors (Lipinski definition) is 8. The van der Waals surface area contributed by atoms with Gasteiger partial charge in [0.2, 0.25) is 0 Å². The number of benzene rings is 2. The highest BCUT2D eigenvalue weighted by Crippen LogP contribution is 2.27. The number of piperazine rings is 2. The van der Waals surface area contributed by atoms with E-state index in [9.17, 15) is 23.6 Å². The predicted molar refractivity (Wildman–Crippen MR) is 167 cm³/mol. The molecule has 0 aromatic heterocycles. The van der Waals surface area contributed by atoms with Crippen LogP contribution in [-0.2, 0) is 4.74 Å². The minimum Gasteiger partial charge on any atom is -0.488 e. The van der Waals surface area contributed by atoms with Gasteiger partial charge in [0.05, 0.1) is 12.1 Å². The summed E-state index contributed by atoms with van der Waals surface area (Å²) < 4.78 is 31.8. The molecule has 3 saturated heterocycles. The number of likely N-dealkylation sites (tertiary alicyclic amines) is 1. The molecule has 1 atom stereocenters. The van der Waals surface area contributed by atoms with E-state index in [0.717, 1.165) is 11.6 Å². The molecule has 3 aliphatic rings. The van der Waals surface area contributed by atoms with Crippen molar-refractivity contribution < 1.29 is 37.8 Å². The van der Waals surface area contributed by atoms with Crippen molar-refractivity contribution in [2.45, 2.75) is 45.8 Å². The van der Waals surface area contributed by atoms with Gasteiger partial charge in [-0.2, -0.15) is 0 Å². The Bertz CT molecular complexity index is 1460. The van der Waals surface area contributed by atoms with Crippen LogP contribution in [0.25, 0.3) is 0 Å². The lowest BCUT2D eigenvalue weighted by Gasteiger charge is -2.35. The normalized spacial score (nSPS) is 18.8. The molecule has 46 heavy (non-hydrogen) atoms. The minimum absolute atomic E-state index is 0.0362. The third kappa shape index (κ3) is 7.87. The summed E-state index contributed by atoms with van der Waals surface area (Å²) in [7, 11) is 0. The zero-order valence-corrected chi connectivity index (χ0v) is 26.8. The first-order valence-electron chi connectivity index (χ1n) is 15.7. The molecule has 2 aromatic carbocycles. The summed E-state index contributed by atoms with van der Waals surface area (Å²) in [4.78, 5) is 58.1. The van der Waals surface area contributed by atoms with E-state index in [-0.39, 0.29) is 55.6 Å². The summed E-state index contributed by atoms with van der Waals surface area (Å²) >= 11 is 0. The molecule has 2 aromatic rings. The highest BCUT2D eigenvalue weighted by molar-refractivity contribution is 5.98. The van der Waals surface area contributed by atoms with Gasteiger partial charge in [-0.3, -0.25) is 9.59 Å². The van der Waals surface area contributed by atoms with E-state index < -0.39 is 23.4 Å². The number of ether oxygens (including phenoxy) is 3. The topological polar surface area (TPSA) is 121 Å². The number of hydrogen-bond donors (Lipinski definition) is 1. The van der Waals surface area contributed by atoms with Crippen LogP contribution in [0, 0.1) is 12.7 Å². The van der Waals surface area contributed by atoms with Crippen LogP contribution in [0.3, 0.4) is 0 Å². The van der Waals surface area contributed by atoms with E-state index in [4.69, 9.17) is 14.2 Å². The summed E-state index contributed by atoms with van der Waals surface area (Å²) in [6.45, 7) is 11.5. The highest BCUT2D eigenvalue weighted by atomic mass is 19.1. The van der Waals surface area contributed by atoms with Gasteiger partial charge in [0, 0.05) is 70.9 Å². The van der Waals surface area contributed by atoms with Crippen molar-refractivity contribution in [1.82, 2.24) is 24.9 Å². The van der Waals surface area contributed by atoms with E-state index in [0.29, 0.717) is 57.0 Å². The van der Waals surface area contributed by atoms with Crippen molar-refractivity contribution in [3.05, 3.63) is 58.9 Å². The molecule has 0 radical (unpaired) electrons. The fourth-order valence-corrected chi connectivity index (χ4v) is 5.66. The van der Waals surface area contributed by atoms with E-state index in [1.165, 1.54) is 21.9 Å². The Balaban J connectivity index is 1.15. The van der Waals surface area contributed by atoms with Gasteiger partial charge in [-0.15, -0.1) is 0 Å². The van der Waals surface area contributed by atoms with Crippen molar-refractivity contribution >= 4 is 24.0 Å². The molecule has 0 spiro atoms. The lowest BCUT2D eigenvalue weighted by molar-refractivity contribution is 0.0275. The molecule has 0 unspecified atom stereocenters. The van der Waals surface area contributed by atoms with Gasteiger partial charge in [0.1, 0.15) is 17.5 Å². The molecule has 3 heterocycles. The molecule has 1 N–H and O–H groups in total. The average molecular weight is 640 g/mol. The Morgan fingerprint density at radius 2 is 1.50 bits per heavy atom. The lowest BCUT2D eigenvalue weighted by atomic mass is 10.1. The summed E-state index contributed by atoms with van der Waals surface area (Å²) in [5, 5.41) is 3.13. The number of rotatable bonds is 5. The zero-order chi connectivity index (χ0) is 33.0. The van der Waals surface area contributed by atoms with Crippen LogP contribution in [0.1, 0.15) is 53.5 Å². The number of aryl methyl sites for hydroxylation is 1. The van der Waals surface area contributed by atoms with E-state index >= 15 is 0 Å². The number of carbonyl (C=O) groups is 4. The lowest BCUT2D eigenvalue weighted by Crippen LogP contribution is -2.50. The van der Waals surface area contributed by atoms with Gasteiger partial charge in [0.25, 0.3) is 11.8 Å². The van der Waals surface area contributed by atoms with Gasteiger partial charge >= 0.3 is 12.2 Å². The number of para-hydroxylation sites is 1. The highest BCUT2D eigenvalue weighted by Gasteiger charge is 2.32. The molecule has 0 saturated carbocycles. The Labute approximate surface area is 268 Å². The molecule has 5 rings (SSSR count). The monoisotopic (exact) mass is 639 g/mol. The number of carbonyl (C=O) groups excluding carboxylic acids is 4. The molecule has 0 bridgehead atoms. The van der Waals surface area contributed by atoms with Crippen LogP contribution < -0.4 is 14.8 Å². The maximum atomic E-state index is 14.8. The molecule has 0 aliphatic carbocycles. The standard InChI is InChI=1S/C33H42FN5O7/c1-22-20-23(8-9-27(22)44-24-10-13-39(21-24)32(43)46-33(2,3)4)29(40)36-16-18-37(19-17-36)30(41)25-6-5-7-26(34)28(25)45-31(42)38-14-11-35-12-15-38/h5-9,20,24,35H,10-19,21H2,1-4H3/t24-/m0/s1. The maximum Gasteiger partial charge on any atom is 0.415 e. The van der Waals surface area contributed by atoms with Crippen LogP contribution >= 0.6 is 0 Å². The van der Waals surface area contributed by atoms with E-state index in [2.05, 4.69) is 5.32 Å². The molecular weight excluding hydrogens is 597 g/mol. The van der Waals surface area contributed by atoms with E-state index in [1.807, 2.05) is 27.7 Å². The second-order valence-electron chi connectivity index (χ2n) is 12.7. The van der Waals surface area contributed by atoms with Crippen molar-refractivity contribution in [2.75, 3.05) is 65.4 Å². The third-order valence-electron chi connectivity index (χ3n) is 8.13. The summed E-state index contributed by atoms with van der Waals surface area (Å²) in [6.07, 6.45) is -0.557. The Kier molecular flexibility index (Phi) is 10.00. The summed E-state index contributed by atoms with van der Waals surface area (Å²) in [5.41, 5.74) is 0.692. The fourth-order valence-electron chi connectivity index (χ4n) is 5.66. The van der Waals surface area contributed by atoms with Crippen LogP contribution in [0.5, 0.6) is 11.5 Å². The number of nitrogens with zero attached hydrogens (tertiary/aromatic N) is 4. The van der Waals surface area contributed by atoms with Crippen molar-refractivity contribution in [3.63, 3.8) is 0 Å². The largest absolute Gasteiger partial charge is 0.488 e. The van der Waals surface area contributed by atoms with Crippen LogP contribution in [-0.4, -0.2) is 121 Å². The SMILES string of the molecule is Cc1cc(C(=O)N2CCN(C(=O)c3cccc(F)c3OC(=O)N3CCNCC3)CC2)ccc1O[C@H]1CCN(C(=O)OC(C)(C)C)C1. The van der Waals surface area contributed by atoms with Crippen molar-refractivity contribution in [3.8, 4) is 11.5 Å². The first-order valence-corrected chi connectivity index (χ1v) is 15.7. The number of amides is 4. The molecule has 13 heteroatoms. The molecular formula is C33H42FN5O7. The molecule has 4 amide bonds. The summed E-state index contributed by atoms with van der Waals surface area (Å²) in [6, 6.07) is 9.26.